The molecule has 2 aromatic heterocycles. The van der Waals surface area contributed by atoms with E-state index in [1.807, 2.05) is 24.4 Å². The first-order valence-corrected chi connectivity index (χ1v) is 6.23. The molecule has 1 saturated heterocycles. The largest absolute Gasteiger partial charge is 0.329 e. The van der Waals surface area contributed by atoms with Crippen LogP contribution in [0.15, 0.2) is 30.6 Å². The third-order valence-electron chi connectivity index (χ3n) is 3.55. The molecule has 0 amide bonds. The molecule has 4 nitrogen and oxygen atoms in total. The molecule has 1 unspecified atom stereocenters. The van der Waals surface area contributed by atoms with Crippen LogP contribution in [-0.2, 0) is 6.54 Å². The van der Waals surface area contributed by atoms with Crippen LogP contribution in [0.1, 0.15) is 18.5 Å². The van der Waals surface area contributed by atoms with Gasteiger partial charge in [-0.3, -0.25) is 4.90 Å². The summed E-state index contributed by atoms with van der Waals surface area (Å²) < 4.78 is 2.07. The van der Waals surface area contributed by atoms with Crippen LogP contribution in [0, 0.1) is 0 Å². The molecular weight excluding hydrogens is 212 g/mol. The van der Waals surface area contributed by atoms with Gasteiger partial charge in [0.1, 0.15) is 5.65 Å². The molecule has 0 aliphatic carbocycles. The van der Waals surface area contributed by atoms with Crippen molar-refractivity contribution in [2.24, 2.45) is 5.73 Å². The maximum atomic E-state index is 5.79. The fourth-order valence-corrected chi connectivity index (χ4v) is 2.64. The van der Waals surface area contributed by atoms with Gasteiger partial charge in [0.05, 0.1) is 5.69 Å². The zero-order chi connectivity index (χ0) is 11.7. The summed E-state index contributed by atoms with van der Waals surface area (Å²) in [5, 5.41) is 0. The molecule has 17 heavy (non-hydrogen) atoms. The van der Waals surface area contributed by atoms with Crippen molar-refractivity contribution in [1.82, 2.24) is 14.3 Å². The van der Waals surface area contributed by atoms with Crippen molar-refractivity contribution in [2.45, 2.75) is 25.4 Å². The van der Waals surface area contributed by atoms with Gasteiger partial charge in [-0.05, 0) is 31.5 Å². The van der Waals surface area contributed by atoms with Crippen LogP contribution in [0.4, 0.5) is 0 Å². The third kappa shape index (κ3) is 2.06. The molecule has 0 spiro atoms. The Kier molecular flexibility index (Phi) is 2.82. The number of likely N-dealkylation sites (tertiary alicyclic amines) is 1. The number of nitrogens with two attached hydrogens (primary N) is 1. The van der Waals surface area contributed by atoms with Gasteiger partial charge in [0, 0.05) is 31.5 Å². The number of aromatic nitrogens is 2. The molecule has 1 fully saturated rings. The van der Waals surface area contributed by atoms with Crippen molar-refractivity contribution < 1.29 is 0 Å². The van der Waals surface area contributed by atoms with Gasteiger partial charge < -0.3 is 10.1 Å². The summed E-state index contributed by atoms with van der Waals surface area (Å²) in [5.74, 6) is 0. The first kappa shape index (κ1) is 10.7. The monoisotopic (exact) mass is 230 g/mol. The Hall–Kier alpha value is -1.39. The number of hydrogen-bond acceptors (Lipinski definition) is 3. The second kappa shape index (κ2) is 4.47. The lowest BCUT2D eigenvalue weighted by Crippen LogP contribution is -2.34. The van der Waals surface area contributed by atoms with Crippen LogP contribution >= 0.6 is 0 Å². The average molecular weight is 230 g/mol. The van der Waals surface area contributed by atoms with E-state index in [-0.39, 0.29) is 0 Å². The molecule has 2 N–H and O–H groups in total. The molecule has 1 aliphatic heterocycles. The second-order valence-corrected chi connectivity index (χ2v) is 4.70. The van der Waals surface area contributed by atoms with E-state index in [1.54, 1.807) is 0 Å². The molecule has 0 bridgehead atoms. The maximum Gasteiger partial charge on any atom is 0.137 e. The molecular formula is C13H18N4. The van der Waals surface area contributed by atoms with Crippen LogP contribution in [0.2, 0.25) is 0 Å². The quantitative estimate of drug-likeness (QED) is 0.863. The average Bonchev–Trinajstić information content (AvgIpc) is 2.94. The maximum absolute atomic E-state index is 5.79. The Bertz CT molecular complexity index is 472. The van der Waals surface area contributed by atoms with E-state index in [0.717, 1.165) is 31.0 Å². The summed E-state index contributed by atoms with van der Waals surface area (Å²) in [6.45, 7) is 2.83. The van der Waals surface area contributed by atoms with Crippen molar-refractivity contribution in [3.63, 3.8) is 0 Å². The van der Waals surface area contributed by atoms with Gasteiger partial charge in [-0.1, -0.05) is 6.07 Å². The van der Waals surface area contributed by atoms with E-state index >= 15 is 0 Å². The predicted molar refractivity (Wildman–Crippen MR) is 67.7 cm³/mol. The van der Waals surface area contributed by atoms with E-state index in [1.165, 1.54) is 12.8 Å². The molecule has 4 heteroatoms. The Morgan fingerprint density at radius 1 is 1.41 bits per heavy atom. The highest BCUT2D eigenvalue weighted by Gasteiger charge is 2.23. The fraction of sp³-hybridized carbons (Fsp3) is 0.462. The number of hydrogen-bond donors (Lipinski definition) is 1. The summed E-state index contributed by atoms with van der Waals surface area (Å²) in [6, 6.07) is 6.62. The van der Waals surface area contributed by atoms with Gasteiger partial charge in [0.15, 0.2) is 0 Å². The standard InChI is InChI=1S/C13H18N4/c14-8-12-4-3-7-16(12)9-11-10-17-6-2-1-5-13(17)15-11/h1-2,5-6,10,12H,3-4,7-9,14H2. The lowest BCUT2D eigenvalue weighted by Gasteiger charge is -2.21. The first-order valence-electron chi connectivity index (χ1n) is 6.23. The van der Waals surface area contributed by atoms with Crippen molar-refractivity contribution in [1.29, 1.82) is 0 Å². The van der Waals surface area contributed by atoms with Gasteiger partial charge in [-0.2, -0.15) is 0 Å². The minimum Gasteiger partial charge on any atom is -0.329 e. The van der Waals surface area contributed by atoms with Crippen molar-refractivity contribution >= 4 is 5.65 Å². The summed E-state index contributed by atoms with van der Waals surface area (Å²) in [7, 11) is 0. The highest BCUT2D eigenvalue weighted by atomic mass is 15.2. The van der Waals surface area contributed by atoms with Gasteiger partial charge >= 0.3 is 0 Å². The van der Waals surface area contributed by atoms with E-state index in [0.29, 0.717) is 6.04 Å². The molecule has 2 aromatic rings. The zero-order valence-electron chi connectivity index (χ0n) is 9.92. The van der Waals surface area contributed by atoms with Crippen molar-refractivity contribution in [2.75, 3.05) is 13.1 Å². The molecule has 1 aliphatic rings. The predicted octanol–water partition coefficient (Wildman–Crippen LogP) is 1.26. The van der Waals surface area contributed by atoms with Crippen LogP contribution in [0.25, 0.3) is 5.65 Å². The Morgan fingerprint density at radius 2 is 2.35 bits per heavy atom. The van der Waals surface area contributed by atoms with E-state index in [9.17, 15) is 0 Å². The van der Waals surface area contributed by atoms with Crippen LogP contribution in [-0.4, -0.2) is 33.4 Å². The smallest absolute Gasteiger partial charge is 0.137 e. The van der Waals surface area contributed by atoms with Crippen molar-refractivity contribution in [3.8, 4) is 0 Å². The summed E-state index contributed by atoms with van der Waals surface area (Å²) in [4.78, 5) is 7.07. The van der Waals surface area contributed by atoms with Gasteiger partial charge in [-0.15, -0.1) is 0 Å². The third-order valence-corrected chi connectivity index (χ3v) is 3.55. The Morgan fingerprint density at radius 3 is 3.18 bits per heavy atom. The molecule has 90 valence electrons. The molecule has 0 aromatic carbocycles. The lowest BCUT2D eigenvalue weighted by molar-refractivity contribution is 0.248. The molecule has 3 heterocycles. The minimum absolute atomic E-state index is 0.541. The van der Waals surface area contributed by atoms with Gasteiger partial charge in [0.2, 0.25) is 0 Å². The second-order valence-electron chi connectivity index (χ2n) is 4.70. The highest BCUT2D eigenvalue weighted by molar-refractivity contribution is 5.39. The summed E-state index contributed by atoms with van der Waals surface area (Å²) >= 11 is 0. The Labute approximate surface area is 101 Å². The number of rotatable bonds is 3. The molecule has 3 rings (SSSR count). The Balaban J connectivity index is 1.80. The molecule has 0 saturated carbocycles. The van der Waals surface area contributed by atoms with Crippen LogP contribution in [0.5, 0.6) is 0 Å². The highest BCUT2D eigenvalue weighted by Crippen LogP contribution is 2.19. The summed E-state index contributed by atoms with van der Waals surface area (Å²) in [6.07, 6.45) is 6.64. The van der Waals surface area contributed by atoms with Crippen LogP contribution in [0.3, 0.4) is 0 Å². The van der Waals surface area contributed by atoms with Gasteiger partial charge in [0.25, 0.3) is 0 Å². The van der Waals surface area contributed by atoms with Crippen molar-refractivity contribution in [3.05, 3.63) is 36.3 Å². The normalized spacial score (nSPS) is 21.4. The van der Waals surface area contributed by atoms with Crippen LogP contribution < -0.4 is 5.73 Å². The van der Waals surface area contributed by atoms with E-state index < -0.39 is 0 Å². The number of pyridine rings is 1. The lowest BCUT2D eigenvalue weighted by atomic mass is 10.2. The zero-order valence-corrected chi connectivity index (χ0v) is 9.92. The molecule has 1 atom stereocenters. The SMILES string of the molecule is NCC1CCCN1Cc1cn2ccccc2n1. The van der Waals surface area contributed by atoms with E-state index in [2.05, 4.69) is 20.5 Å². The summed E-state index contributed by atoms with van der Waals surface area (Å²) in [5.41, 5.74) is 7.94. The topological polar surface area (TPSA) is 46.6 Å². The first-order chi connectivity index (χ1) is 8.36. The fourth-order valence-electron chi connectivity index (χ4n) is 2.64. The van der Waals surface area contributed by atoms with E-state index in [4.69, 9.17) is 5.73 Å². The number of nitrogens with zero attached hydrogens (tertiary/aromatic N) is 3. The minimum atomic E-state index is 0.541. The number of imidazole rings is 1. The number of fused-ring (bicyclic) bond motifs is 1. The molecule has 0 radical (unpaired) electrons. The van der Waals surface area contributed by atoms with Gasteiger partial charge in [-0.25, -0.2) is 4.98 Å².